The van der Waals surface area contributed by atoms with E-state index in [0.717, 1.165) is 56.5 Å². The first-order chi connectivity index (χ1) is 10.1. The zero-order valence-electron chi connectivity index (χ0n) is 12.8. The fourth-order valence-corrected chi connectivity index (χ4v) is 3.74. The third-order valence-corrected chi connectivity index (χ3v) is 4.90. The Kier molecular flexibility index (Phi) is 4.02. The van der Waals surface area contributed by atoms with Crippen LogP contribution in [0.15, 0.2) is 10.6 Å². The van der Waals surface area contributed by atoms with Crippen molar-refractivity contribution in [2.45, 2.75) is 69.9 Å². The molecule has 1 saturated heterocycles. The fraction of sp³-hybridized carbons (Fsp3) is 0.750. The Balaban J connectivity index is 1.68. The largest absolute Gasteiger partial charge is 0.359 e. The maximum absolute atomic E-state index is 12.7. The second kappa shape index (κ2) is 5.79. The SMILES string of the molecule is Cc1cc(C2CCCN2C(=O)CC2(N)CCCCC2)on1. The van der Waals surface area contributed by atoms with E-state index in [2.05, 4.69) is 5.16 Å². The normalized spacial score (nSPS) is 25.2. The quantitative estimate of drug-likeness (QED) is 0.929. The molecule has 5 heteroatoms. The first kappa shape index (κ1) is 14.6. The minimum atomic E-state index is -0.292. The molecule has 1 aromatic heterocycles. The molecule has 1 amide bonds. The number of aromatic nitrogens is 1. The molecule has 0 radical (unpaired) electrons. The van der Waals surface area contributed by atoms with E-state index >= 15 is 0 Å². The van der Waals surface area contributed by atoms with Crippen molar-refractivity contribution in [3.63, 3.8) is 0 Å². The molecule has 2 N–H and O–H groups in total. The van der Waals surface area contributed by atoms with Gasteiger partial charge in [-0.25, -0.2) is 0 Å². The van der Waals surface area contributed by atoms with Crippen LogP contribution in [0.25, 0.3) is 0 Å². The van der Waals surface area contributed by atoms with E-state index in [1.165, 1.54) is 6.42 Å². The maximum Gasteiger partial charge on any atom is 0.225 e. The lowest BCUT2D eigenvalue weighted by molar-refractivity contribution is -0.134. The van der Waals surface area contributed by atoms with E-state index in [1.807, 2.05) is 17.9 Å². The molecule has 0 bridgehead atoms. The third-order valence-electron chi connectivity index (χ3n) is 4.90. The number of hydrogen-bond donors (Lipinski definition) is 1. The molecule has 2 fully saturated rings. The molecular weight excluding hydrogens is 266 g/mol. The molecule has 3 rings (SSSR count). The van der Waals surface area contributed by atoms with Crippen molar-refractivity contribution in [1.82, 2.24) is 10.1 Å². The smallest absolute Gasteiger partial charge is 0.225 e. The summed E-state index contributed by atoms with van der Waals surface area (Å²) in [7, 11) is 0. The van der Waals surface area contributed by atoms with Gasteiger partial charge in [-0.2, -0.15) is 0 Å². The van der Waals surface area contributed by atoms with Crippen molar-refractivity contribution in [3.8, 4) is 0 Å². The molecule has 0 aromatic carbocycles. The van der Waals surface area contributed by atoms with Gasteiger partial charge < -0.3 is 15.2 Å². The number of nitrogens with two attached hydrogens (primary N) is 1. The highest BCUT2D eigenvalue weighted by atomic mass is 16.5. The van der Waals surface area contributed by atoms with Gasteiger partial charge in [0.25, 0.3) is 0 Å². The number of amides is 1. The highest BCUT2D eigenvalue weighted by Crippen LogP contribution is 2.35. The summed E-state index contributed by atoms with van der Waals surface area (Å²) in [4.78, 5) is 14.6. The van der Waals surface area contributed by atoms with Gasteiger partial charge in [0.15, 0.2) is 5.76 Å². The molecule has 1 aliphatic heterocycles. The summed E-state index contributed by atoms with van der Waals surface area (Å²) in [6, 6.07) is 1.99. The van der Waals surface area contributed by atoms with Crippen molar-refractivity contribution in [3.05, 3.63) is 17.5 Å². The Hall–Kier alpha value is -1.36. The van der Waals surface area contributed by atoms with Gasteiger partial charge in [0.05, 0.1) is 11.7 Å². The summed E-state index contributed by atoms with van der Waals surface area (Å²) in [5, 5.41) is 3.95. The Morgan fingerprint density at radius 2 is 2.19 bits per heavy atom. The van der Waals surface area contributed by atoms with Crippen LogP contribution in [0, 0.1) is 6.92 Å². The Morgan fingerprint density at radius 1 is 1.43 bits per heavy atom. The lowest BCUT2D eigenvalue weighted by atomic mass is 9.80. The average molecular weight is 291 g/mol. The minimum absolute atomic E-state index is 0.0471. The average Bonchev–Trinajstić information content (AvgIpc) is 3.07. The zero-order chi connectivity index (χ0) is 14.9. The van der Waals surface area contributed by atoms with E-state index in [4.69, 9.17) is 10.3 Å². The molecule has 21 heavy (non-hydrogen) atoms. The first-order valence-corrected chi connectivity index (χ1v) is 8.09. The molecule has 1 aliphatic carbocycles. The summed E-state index contributed by atoms with van der Waals surface area (Å²) in [5.74, 6) is 0.990. The lowest BCUT2D eigenvalue weighted by Gasteiger charge is -2.35. The molecule has 5 nitrogen and oxygen atoms in total. The summed E-state index contributed by atoms with van der Waals surface area (Å²) in [6.45, 7) is 2.71. The maximum atomic E-state index is 12.7. The van der Waals surface area contributed by atoms with Crippen LogP contribution >= 0.6 is 0 Å². The molecule has 0 spiro atoms. The second-order valence-electron chi connectivity index (χ2n) is 6.72. The summed E-state index contributed by atoms with van der Waals surface area (Å²) >= 11 is 0. The second-order valence-corrected chi connectivity index (χ2v) is 6.72. The predicted octanol–water partition coefficient (Wildman–Crippen LogP) is 2.70. The van der Waals surface area contributed by atoms with Gasteiger partial charge in [-0.3, -0.25) is 4.79 Å². The Morgan fingerprint density at radius 3 is 2.86 bits per heavy atom. The molecule has 2 aliphatic rings. The van der Waals surface area contributed by atoms with Gasteiger partial charge in [0.1, 0.15) is 0 Å². The molecule has 1 saturated carbocycles. The van der Waals surface area contributed by atoms with Crippen molar-refractivity contribution >= 4 is 5.91 Å². The van der Waals surface area contributed by atoms with Crippen LogP contribution in [0.3, 0.4) is 0 Å². The van der Waals surface area contributed by atoms with Gasteiger partial charge in [-0.1, -0.05) is 24.4 Å². The molecule has 116 valence electrons. The first-order valence-electron chi connectivity index (χ1n) is 8.09. The van der Waals surface area contributed by atoms with E-state index in [9.17, 15) is 4.79 Å². The predicted molar refractivity (Wildman–Crippen MR) is 79.5 cm³/mol. The van der Waals surface area contributed by atoms with Crippen LogP contribution in [0.2, 0.25) is 0 Å². The fourth-order valence-electron chi connectivity index (χ4n) is 3.74. The molecule has 1 atom stereocenters. The number of aryl methyl sites for hydroxylation is 1. The molecular formula is C16H25N3O2. The van der Waals surface area contributed by atoms with Crippen LogP contribution in [0.1, 0.15) is 68.9 Å². The Labute approximate surface area is 125 Å². The van der Waals surface area contributed by atoms with Crippen LogP contribution < -0.4 is 5.73 Å². The minimum Gasteiger partial charge on any atom is -0.359 e. The third kappa shape index (κ3) is 3.12. The van der Waals surface area contributed by atoms with Crippen LogP contribution in [-0.4, -0.2) is 28.0 Å². The van der Waals surface area contributed by atoms with Gasteiger partial charge in [-0.05, 0) is 32.6 Å². The highest BCUT2D eigenvalue weighted by molar-refractivity contribution is 5.78. The number of likely N-dealkylation sites (tertiary alicyclic amines) is 1. The lowest BCUT2D eigenvalue weighted by Crippen LogP contribution is -2.46. The van der Waals surface area contributed by atoms with Gasteiger partial charge >= 0.3 is 0 Å². The summed E-state index contributed by atoms with van der Waals surface area (Å²) in [6.07, 6.45) is 7.93. The number of carbonyl (C=O) groups excluding carboxylic acids is 1. The molecule has 1 unspecified atom stereocenters. The van der Waals surface area contributed by atoms with Gasteiger partial charge in [0.2, 0.25) is 5.91 Å². The zero-order valence-corrected chi connectivity index (χ0v) is 12.8. The van der Waals surface area contributed by atoms with E-state index in [0.29, 0.717) is 6.42 Å². The van der Waals surface area contributed by atoms with Crippen molar-refractivity contribution in [1.29, 1.82) is 0 Å². The van der Waals surface area contributed by atoms with E-state index in [-0.39, 0.29) is 17.5 Å². The highest BCUT2D eigenvalue weighted by Gasteiger charge is 2.37. The molecule has 1 aromatic rings. The summed E-state index contributed by atoms with van der Waals surface area (Å²) in [5.41, 5.74) is 7.01. The number of carbonyl (C=O) groups is 1. The number of rotatable bonds is 3. The number of hydrogen-bond acceptors (Lipinski definition) is 4. The van der Waals surface area contributed by atoms with Crippen molar-refractivity contribution in [2.24, 2.45) is 5.73 Å². The standard InChI is InChI=1S/C16H25N3O2/c1-12-10-14(21-18-12)13-6-5-9-19(13)15(20)11-16(17)7-3-2-4-8-16/h10,13H,2-9,11,17H2,1H3. The van der Waals surface area contributed by atoms with Crippen LogP contribution in [0.5, 0.6) is 0 Å². The van der Waals surface area contributed by atoms with E-state index < -0.39 is 0 Å². The molecule has 2 heterocycles. The number of nitrogens with zero attached hydrogens (tertiary/aromatic N) is 2. The Bertz CT molecular complexity index is 505. The van der Waals surface area contributed by atoms with Gasteiger partial charge in [-0.15, -0.1) is 0 Å². The van der Waals surface area contributed by atoms with Crippen LogP contribution in [-0.2, 0) is 4.79 Å². The summed E-state index contributed by atoms with van der Waals surface area (Å²) < 4.78 is 5.37. The topological polar surface area (TPSA) is 72.4 Å². The van der Waals surface area contributed by atoms with E-state index in [1.54, 1.807) is 0 Å². The van der Waals surface area contributed by atoms with Gasteiger partial charge in [0, 0.05) is 24.6 Å². The van der Waals surface area contributed by atoms with Crippen molar-refractivity contribution in [2.75, 3.05) is 6.54 Å². The monoisotopic (exact) mass is 291 g/mol. The van der Waals surface area contributed by atoms with Crippen LogP contribution in [0.4, 0.5) is 0 Å². The van der Waals surface area contributed by atoms with Crippen molar-refractivity contribution < 1.29 is 9.32 Å².